The molecule has 0 bridgehead atoms. The van der Waals surface area contributed by atoms with Crippen molar-refractivity contribution in [2.45, 2.75) is 65.9 Å². The van der Waals surface area contributed by atoms with E-state index >= 15 is 0 Å². The number of carbonyl (C=O) groups excluding carboxylic acids is 2. The highest BCUT2D eigenvalue weighted by Crippen LogP contribution is 2.41. The van der Waals surface area contributed by atoms with Crippen molar-refractivity contribution in [1.29, 1.82) is 0 Å². The molecule has 7 aromatic rings. The van der Waals surface area contributed by atoms with E-state index < -0.39 is 11.7 Å². The number of nitrogens with one attached hydrogen (secondary N) is 1. The number of rotatable bonds is 30. The van der Waals surface area contributed by atoms with Crippen LogP contribution in [0.4, 0.5) is 4.79 Å². The van der Waals surface area contributed by atoms with Crippen LogP contribution in [0.25, 0.3) is 20.5 Å². The molecule has 396 valence electrons. The number of hydrogen-bond donors (Lipinski definition) is 3. The van der Waals surface area contributed by atoms with Crippen molar-refractivity contribution in [1.82, 2.24) is 15.1 Å². The molecule has 0 saturated heterocycles. The van der Waals surface area contributed by atoms with Crippen LogP contribution in [0.2, 0.25) is 0 Å². The Kier molecular flexibility index (Phi) is 21.3. The third-order valence-corrected chi connectivity index (χ3v) is 13.4. The Bertz CT molecular complexity index is 2840. The molecule has 0 atom stereocenters. The van der Waals surface area contributed by atoms with Crippen molar-refractivity contribution in [3.8, 4) is 39.2 Å². The lowest BCUT2D eigenvalue weighted by Gasteiger charge is -2.27. The lowest BCUT2D eigenvalue weighted by Crippen LogP contribution is -2.38. The number of phenols is 2. The van der Waals surface area contributed by atoms with E-state index in [4.69, 9.17) is 28.4 Å². The van der Waals surface area contributed by atoms with Crippen LogP contribution in [-0.4, -0.2) is 110 Å². The first-order valence-corrected chi connectivity index (χ1v) is 26.6. The first kappa shape index (κ1) is 55.8. The monoisotopic (exact) mass is 1040 g/mol. The molecule has 6 aromatic carbocycles. The van der Waals surface area contributed by atoms with Gasteiger partial charge in [0.05, 0.1) is 26.4 Å². The molecule has 1 heterocycles. The van der Waals surface area contributed by atoms with Gasteiger partial charge in [-0.3, -0.25) is 4.79 Å². The Hall–Kier alpha value is -6.94. The van der Waals surface area contributed by atoms with Crippen molar-refractivity contribution >= 4 is 33.3 Å². The van der Waals surface area contributed by atoms with Gasteiger partial charge < -0.3 is 53.8 Å². The number of likely N-dealkylation sites (N-methyl/N-ethyl adjacent to an activating group) is 1. The van der Waals surface area contributed by atoms with Gasteiger partial charge >= 0.3 is 6.09 Å². The molecule has 0 unspecified atom stereocenters. The summed E-state index contributed by atoms with van der Waals surface area (Å²) in [5.74, 6) is 2.08. The molecule has 3 N–H and O–H groups in total. The number of phenolic OH excluding ortho intramolecular Hbond substituents is 2. The van der Waals surface area contributed by atoms with E-state index in [1.54, 1.807) is 59.5 Å². The van der Waals surface area contributed by atoms with E-state index in [2.05, 4.69) is 17.1 Å². The number of fused-ring (bicyclic) bond motifs is 1. The zero-order valence-corrected chi connectivity index (χ0v) is 44.4. The van der Waals surface area contributed by atoms with E-state index in [1.807, 2.05) is 112 Å². The maximum atomic E-state index is 14.0. The molecule has 0 saturated carbocycles. The second-order valence-corrected chi connectivity index (χ2v) is 20.1. The minimum Gasteiger partial charge on any atom is -0.508 e. The lowest BCUT2D eigenvalue weighted by molar-refractivity contribution is 0.00924. The molecular weight excluding hydrogens is 967 g/mol. The van der Waals surface area contributed by atoms with Crippen LogP contribution in [0, 0.1) is 0 Å². The van der Waals surface area contributed by atoms with Gasteiger partial charge in [0.25, 0.3) is 0 Å². The minimum absolute atomic E-state index is 0.120. The fraction of sp³-hybridized carbons (Fsp3) is 0.344. The number of nitrogens with zero attached hydrogens (tertiary/aromatic N) is 2. The largest absolute Gasteiger partial charge is 0.508 e. The number of carbonyl (C=O) groups is 2. The quantitative estimate of drug-likeness (QED) is 0.0291. The standard InChI is InChI=1S/C61H71N3O10S/c1-5-63(33-37-71-52-26-21-48(22-27-52)58(67)57-53-28-25-51(66)41-56(53)75-59(57)49-19-23-50(65)24-20-49)32-13-12-30-62-31-35-69-38-39-70-36-34-64(60(68)74-61(2,3)4)42-47-18-29-54(72-43-45-14-8-6-9-15-45)55(40-47)73-44-46-16-10-7-11-17-46/h6-11,14-29,40-41,62,65-66H,5,12-13,30-39,42-44H2,1-4H3. The molecule has 0 aliphatic rings. The van der Waals surface area contributed by atoms with Gasteiger partial charge in [-0.15, -0.1) is 11.3 Å². The van der Waals surface area contributed by atoms with Crippen molar-refractivity contribution in [2.75, 3.05) is 72.3 Å². The highest BCUT2D eigenvalue weighted by Gasteiger charge is 2.24. The summed E-state index contributed by atoms with van der Waals surface area (Å²) in [7, 11) is 0. The van der Waals surface area contributed by atoms with Gasteiger partial charge in [-0.05, 0) is 154 Å². The molecular formula is C61H71N3O10S. The minimum atomic E-state index is -0.661. The summed E-state index contributed by atoms with van der Waals surface area (Å²) >= 11 is 1.44. The van der Waals surface area contributed by atoms with E-state index in [0.29, 0.717) is 87.7 Å². The normalized spacial score (nSPS) is 11.5. The third kappa shape index (κ3) is 17.9. The number of amides is 1. The van der Waals surface area contributed by atoms with Crippen LogP contribution >= 0.6 is 11.3 Å². The lowest BCUT2D eigenvalue weighted by atomic mass is 9.97. The van der Waals surface area contributed by atoms with Crippen molar-refractivity contribution in [3.63, 3.8) is 0 Å². The van der Waals surface area contributed by atoms with Crippen molar-refractivity contribution < 1.29 is 48.2 Å². The predicted octanol–water partition coefficient (Wildman–Crippen LogP) is 11.9. The topological polar surface area (TPSA) is 148 Å². The zero-order chi connectivity index (χ0) is 52.8. The molecule has 1 amide bonds. The second kappa shape index (κ2) is 28.7. The fourth-order valence-electron chi connectivity index (χ4n) is 8.18. The van der Waals surface area contributed by atoms with Gasteiger partial charge in [-0.2, -0.15) is 0 Å². The summed E-state index contributed by atoms with van der Waals surface area (Å²) in [6.45, 7) is 15.7. The van der Waals surface area contributed by atoms with E-state index in [-0.39, 0.29) is 17.3 Å². The highest BCUT2D eigenvalue weighted by atomic mass is 32.1. The smallest absolute Gasteiger partial charge is 0.410 e. The maximum Gasteiger partial charge on any atom is 0.410 e. The fourth-order valence-corrected chi connectivity index (χ4v) is 9.42. The van der Waals surface area contributed by atoms with Crippen LogP contribution in [0.15, 0.2) is 146 Å². The van der Waals surface area contributed by atoms with Gasteiger partial charge in [0.2, 0.25) is 0 Å². The Morgan fingerprint density at radius 1 is 0.613 bits per heavy atom. The van der Waals surface area contributed by atoms with Crippen LogP contribution in [0.3, 0.4) is 0 Å². The van der Waals surface area contributed by atoms with E-state index in [1.165, 1.54) is 11.3 Å². The van der Waals surface area contributed by atoms with Crippen molar-refractivity contribution in [3.05, 3.63) is 173 Å². The molecule has 0 radical (unpaired) electrons. The van der Waals surface area contributed by atoms with Crippen LogP contribution < -0.4 is 19.5 Å². The van der Waals surface area contributed by atoms with Gasteiger partial charge in [0, 0.05) is 52.3 Å². The summed E-state index contributed by atoms with van der Waals surface area (Å²) in [6, 6.07) is 44.8. The van der Waals surface area contributed by atoms with Gasteiger partial charge in [-0.25, -0.2) is 4.79 Å². The van der Waals surface area contributed by atoms with Crippen molar-refractivity contribution in [2.24, 2.45) is 0 Å². The predicted molar refractivity (Wildman–Crippen MR) is 296 cm³/mol. The Morgan fingerprint density at radius 3 is 1.96 bits per heavy atom. The zero-order valence-electron chi connectivity index (χ0n) is 43.6. The molecule has 0 aliphatic heterocycles. The summed E-state index contributed by atoms with van der Waals surface area (Å²) < 4.78 is 36.9. The summed E-state index contributed by atoms with van der Waals surface area (Å²) in [6.07, 6.45) is 1.66. The summed E-state index contributed by atoms with van der Waals surface area (Å²) in [5, 5.41) is 24.2. The van der Waals surface area contributed by atoms with E-state index in [0.717, 1.165) is 82.8 Å². The second-order valence-electron chi connectivity index (χ2n) is 19.1. The number of ether oxygens (including phenoxy) is 6. The van der Waals surface area contributed by atoms with Gasteiger partial charge in [0.1, 0.15) is 42.7 Å². The molecule has 75 heavy (non-hydrogen) atoms. The molecule has 1 aromatic heterocycles. The highest BCUT2D eigenvalue weighted by molar-refractivity contribution is 7.22. The Labute approximate surface area is 445 Å². The molecule has 0 aliphatic carbocycles. The summed E-state index contributed by atoms with van der Waals surface area (Å²) in [5.41, 5.74) is 4.22. The number of aromatic hydroxyl groups is 2. The molecule has 14 heteroatoms. The molecule has 0 spiro atoms. The van der Waals surface area contributed by atoms with Gasteiger partial charge in [0.15, 0.2) is 17.3 Å². The number of benzene rings is 6. The summed E-state index contributed by atoms with van der Waals surface area (Å²) in [4.78, 5) is 32.2. The van der Waals surface area contributed by atoms with Gasteiger partial charge in [-0.1, -0.05) is 73.7 Å². The van der Waals surface area contributed by atoms with Crippen LogP contribution in [0.1, 0.15) is 73.1 Å². The average molecular weight is 1040 g/mol. The molecule has 0 fully saturated rings. The average Bonchev–Trinajstić information content (AvgIpc) is 3.79. The first-order valence-electron chi connectivity index (χ1n) is 25.8. The van der Waals surface area contributed by atoms with Crippen LogP contribution in [-0.2, 0) is 34.0 Å². The van der Waals surface area contributed by atoms with E-state index in [9.17, 15) is 19.8 Å². The number of hydrogen-bond acceptors (Lipinski definition) is 13. The molecule has 13 nitrogen and oxygen atoms in total. The Balaban J connectivity index is 0.768. The Morgan fingerprint density at radius 2 is 1.28 bits per heavy atom. The molecule has 7 rings (SSSR count). The maximum absolute atomic E-state index is 14.0. The number of ketones is 1. The number of thiophene rings is 1. The first-order chi connectivity index (χ1) is 36.4. The SMILES string of the molecule is CCN(CCCCNCCOCCOCCN(Cc1ccc(OCc2ccccc2)c(OCc2ccccc2)c1)C(=O)OC(C)(C)C)CCOc1ccc(C(=O)c2c(-c3ccc(O)cc3)sc3cc(O)ccc23)cc1. The third-order valence-electron chi connectivity index (χ3n) is 12.2. The van der Waals surface area contributed by atoms with Crippen LogP contribution in [0.5, 0.6) is 28.7 Å². The number of unbranched alkanes of at least 4 members (excludes halogenated alkanes) is 1.